The Morgan fingerprint density at radius 3 is 2.65 bits per heavy atom. The molecule has 0 saturated carbocycles. The van der Waals surface area contributed by atoms with Gasteiger partial charge in [-0.1, -0.05) is 19.4 Å². The van der Waals surface area contributed by atoms with Gasteiger partial charge in [-0.15, -0.1) is 0 Å². The third-order valence-electron chi connectivity index (χ3n) is 2.54. The van der Waals surface area contributed by atoms with Gasteiger partial charge in [-0.25, -0.2) is 4.79 Å². The van der Waals surface area contributed by atoms with Crippen LogP contribution in [-0.2, 0) is 6.54 Å². The van der Waals surface area contributed by atoms with Crippen LogP contribution in [-0.4, -0.2) is 11.0 Å². The molecule has 92 valence electrons. The largest absolute Gasteiger partial charge is 0.334 e. The van der Waals surface area contributed by atoms with Crippen molar-refractivity contribution < 1.29 is 4.79 Å². The van der Waals surface area contributed by atoms with Crippen LogP contribution >= 0.6 is 0 Å². The molecule has 0 fully saturated rings. The zero-order valence-electron chi connectivity index (χ0n) is 10.5. The van der Waals surface area contributed by atoms with Crippen LogP contribution in [0.4, 0.5) is 4.79 Å². The van der Waals surface area contributed by atoms with E-state index < -0.39 is 0 Å². The second-order valence-corrected chi connectivity index (χ2v) is 4.23. The van der Waals surface area contributed by atoms with Crippen molar-refractivity contribution in [2.45, 2.75) is 27.3 Å². The molecule has 1 aromatic heterocycles. The van der Waals surface area contributed by atoms with Gasteiger partial charge in [0.1, 0.15) is 0 Å². The van der Waals surface area contributed by atoms with Gasteiger partial charge in [-0.05, 0) is 30.5 Å². The van der Waals surface area contributed by atoms with Gasteiger partial charge in [0.05, 0.1) is 0 Å². The number of aromatic nitrogens is 1. The number of pyridine rings is 1. The van der Waals surface area contributed by atoms with Crippen LogP contribution < -0.4 is 10.6 Å². The van der Waals surface area contributed by atoms with E-state index in [1.54, 1.807) is 18.6 Å². The summed E-state index contributed by atoms with van der Waals surface area (Å²) in [5.41, 5.74) is 2.17. The van der Waals surface area contributed by atoms with E-state index in [1.165, 1.54) is 0 Å². The highest BCUT2D eigenvalue weighted by molar-refractivity contribution is 5.74. The van der Waals surface area contributed by atoms with Crippen LogP contribution in [0.3, 0.4) is 0 Å². The molecule has 0 bridgehead atoms. The minimum Gasteiger partial charge on any atom is -0.334 e. The van der Waals surface area contributed by atoms with Crippen LogP contribution in [0.15, 0.2) is 36.3 Å². The number of nitrogens with zero attached hydrogens (tertiary/aromatic N) is 1. The number of nitrogens with one attached hydrogen (secondary N) is 2. The summed E-state index contributed by atoms with van der Waals surface area (Å²) in [6, 6.07) is 3.55. The fourth-order valence-electron chi connectivity index (χ4n) is 1.08. The van der Waals surface area contributed by atoms with Crippen molar-refractivity contribution >= 4 is 6.03 Å². The first-order valence-corrected chi connectivity index (χ1v) is 5.69. The number of allylic oxidation sites excluding steroid dienone is 1. The average Bonchev–Trinajstić information content (AvgIpc) is 2.34. The van der Waals surface area contributed by atoms with Crippen molar-refractivity contribution in [3.05, 3.63) is 41.9 Å². The maximum atomic E-state index is 11.5. The van der Waals surface area contributed by atoms with Crippen LogP contribution in [0.2, 0.25) is 0 Å². The molecule has 0 saturated heterocycles. The van der Waals surface area contributed by atoms with Crippen molar-refractivity contribution in [1.29, 1.82) is 0 Å². The standard InChI is InChI=1S/C13H19N3O/c1-10(2)11(3)8-15-13(17)16-9-12-4-6-14-7-5-12/h4-8,10H,9H2,1-3H3,(H2,15,16,17)/b11-8+. The van der Waals surface area contributed by atoms with E-state index in [9.17, 15) is 4.79 Å². The molecule has 0 aliphatic rings. The lowest BCUT2D eigenvalue weighted by atomic mass is 10.1. The van der Waals surface area contributed by atoms with E-state index in [0.29, 0.717) is 12.5 Å². The molecule has 0 atom stereocenters. The van der Waals surface area contributed by atoms with Gasteiger partial charge in [0.25, 0.3) is 0 Å². The SMILES string of the molecule is C/C(=C\NC(=O)NCc1ccncc1)C(C)C. The van der Waals surface area contributed by atoms with Crippen LogP contribution in [0.5, 0.6) is 0 Å². The monoisotopic (exact) mass is 233 g/mol. The molecule has 2 N–H and O–H groups in total. The fraction of sp³-hybridized carbons (Fsp3) is 0.385. The minimum absolute atomic E-state index is 0.193. The highest BCUT2D eigenvalue weighted by Gasteiger charge is 1.99. The Labute approximate surface area is 102 Å². The summed E-state index contributed by atoms with van der Waals surface area (Å²) < 4.78 is 0. The number of carbonyl (C=O) groups is 1. The summed E-state index contributed by atoms with van der Waals surface area (Å²) in [7, 11) is 0. The number of urea groups is 1. The van der Waals surface area contributed by atoms with E-state index in [-0.39, 0.29) is 6.03 Å². The van der Waals surface area contributed by atoms with Crippen molar-refractivity contribution in [2.75, 3.05) is 0 Å². The van der Waals surface area contributed by atoms with E-state index >= 15 is 0 Å². The van der Waals surface area contributed by atoms with E-state index in [1.807, 2.05) is 19.1 Å². The predicted molar refractivity (Wildman–Crippen MR) is 68.2 cm³/mol. The zero-order chi connectivity index (χ0) is 12.7. The normalized spacial score (nSPS) is 11.4. The molecule has 0 aliphatic heterocycles. The highest BCUT2D eigenvalue weighted by atomic mass is 16.2. The number of amides is 2. The lowest BCUT2D eigenvalue weighted by Gasteiger charge is -2.07. The molecule has 0 spiro atoms. The molecule has 1 heterocycles. The van der Waals surface area contributed by atoms with Crippen molar-refractivity contribution in [2.24, 2.45) is 5.92 Å². The first-order valence-electron chi connectivity index (χ1n) is 5.69. The Bertz CT molecular complexity index is 385. The van der Waals surface area contributed by atoms with Gasteiger partial charge in [0.2, 0.25) is 0 Å². The maximum Gasteiger partial charge on any atom is 0.319 e. The Morgan fingerprint density at radius 1 is 1.41 bits per heavy atom. The van der Waals surface area contributed by atoms with Crippen molar-refractivity contribution in [3.63, 3.8) is 0 Å². The second kappa shape index (κ2) is 6.68. The van der Waals surface area contributed by atoms with Crippen LogP contribution in [0.1, 0.15) is 26.3 Å². The molecule has 0 radical (unpaired) electrons. The Kier molecular flexibility index (Phi) is 5.20. The zero-order valence-corrected chi connectivity index (χ0v) is 10.5. The predicted octanol–water partition coefficient (Wildman–Crippen LogP) is 2.44. The van der Waals surface area contributed by atoms with Gasteiger partial charge in [-0.3, -0.25) is 4.98 Å². The fourth-order valence-corrected chi connectivity index (χ4v) is 1.08. The number of hydrogen-bond acceptors (Lipinski definition) is 2. The van der Waals surface area contributed by atoms with Crippen molar-refractivity contribution in [3.8, 4) is 0 Å². The van der Waals surface area contributed by atoms with Crippen LogP contribution in [0.25, 0.3) is 0 Å². The van der Waals surface area contributed by atoms with Gasteiger partial charge >= 0.3 is 6.03 Å². The maximum absolute atomic E-state index is 11.5. The van der Waals surface area contributed by atoms with Gasteiger partial charge in [-0.2, -0.15) is 0 Å². The first-order chi connectivity index (χ1) is 8.09. The molecule has 1 rings (SSSR count). The minimum atomic E-state index is -0.193. The summed E-state index contributed by atoms with van der Waals surface area (Å²) in [5.74, 6) is 0.440. The Hall–Kier alpha value is -1.84. The first kappa shape index (κ1) is 13.2. The lowest BCUT2D eigenvalue weighted by Crippen LogP contribution is -2.32. The van der Waals surface area contributed by atoms with E-state index in [2.05, 4.69) is 29.5 Å². The summed E-state index contributed by atoms with van der Waals surface area (Å²) >= 11 is 0. The summed E-state index contributed by atoms with van der Waals surface area (Å²) in [6.45, 7) is 6.67. The summed E-state index contributed by atoms with van der Waals surface area (Å²) in [6.07, 6.45) is 5.15. The molecule has 0 aliphatic carbocycles. The summed E-state index contributed by atoms with van der Waals surface area (Å²) in [5, 5.41) is 5.48. The number of rotatable bonds is 4. The molecule has 1 aromatic rings. The van der Waals surface area contributed by atoms with Gasteiger partial charge in [0, 0.05) is 25.1 Å². The lowest BCUT2D eigenvalue weighted by molar-refractivity contribution is 0.243. The third-order valence-corrected chi connectivity index (χ3v) is 2.54. The van der Waals surface area contributed by atoms with Gasteiger partial charge in [0.15, 0.2) is 0 Å². The molecule has 4 heteroatoms. The highest BCUT2D eigenvalue weighted by Crippen LogP contribution is 2.05. The molecule has 0 unspecified atom stereocenters. The topological polar surface area (TPSA) is 54.0 Å². The molecule has 17 heavy (non-hydrogen) atoms. The van der Waals surface area contributed by atoms with Crippen molar-refractivity contribution in [1.82, 2.24) is 15.6 Å². The Morgan fingerprint density at radius 2 is 2.06 bits per heavy atom. The molecule has 4 nitrogen and oxygen atoms in total. The van der Waals surface area contributed by atoms with Gasteiger partial charge < -0.3 is 10.6 Å². The summed E-state index contributed by atoms with van der Waals surface area (Å²) in [4.78, 5) is 15.4. The quantitative estimate of drug-likeness (QED) is 0.839. The second-order valence-electron chi connectivity index (χ2n) is 4.23. The number of hydrogen-bond donors (Lipinski definition) is 2. The van der Waals surface area contributed by atoms with E-state index in [4.69, 9.17) is 0 Å². The molecule has 0 aromatic carbocycles. The molecular formula is C13H19N3O. The smallest absolute Gasteiger partial charge is 0.319 e. The van der Waals surface area contributed by atoms with E-state index in [0.717, 1.165) is 11.1 Å². The third kappa shape index (κ3) is 5.15. The average molecular weight is 233 g/mol. The Balaban J connectivity index is 2.34. The molecular weight excluding hydrogens is 214 g/mol. The molecule has 2 amide bonds. The van der Waals surface area contributed by atoms with Crippen LogP contribution in [0, 0.1) is 5.92 Å². The number of carbonyl (C=O) groups excluding carboxylic acids is 1.